The highest BCUT2D eigenvalue weighted by molar-refractivity contribution is 5.34. The quantitative estimate of drug-likeness (QED) is 0.530. The highest BCUT2D eigenvalue weighted by atomic mass is 16.3. The van der Waals surface area contributed by atoms with E-state index in [0.29, 0.717) is 0 Å². The van der Waals surface area contributed by atoms with E-state index in [1.54, 1.807) is 6.08 Å². The number of hydrogen-bond acceptors (Lipinski definition) is 2. The second kappa shape index (κ2) is 8.84. The van der Waals surface area contributed by atoms with Crippen LogP contribution in [0.3, 0.4) is 0 Å². The van der Waals surface area contributed by atoms with Crippen LogP contribution in [-0.4, -0.2) is 22.4 Å². The largest absolute Gasteiger partial charge is 0.386 e. The molecule has 0 unspecified atom stereocenters. The molecule has 78 valence electrons. The topological polar surface area (TPSA) is 40.5 Å². The van der Waals surface area contributed by atoms with Crippen LogP contribution in [0, 0.1) is 23.7 Å². The summed E-state index contributed by atoms with van der Waals surface area (Å²) in [5.74, 6) is 10.5. The van der Waals surface area contributed by atoms with Crippen LogP contribution in [0.1, 0.15) is 6.92 Å². The number of aliphatic hydroxyl groups excluding tert-OH is 2. The molecule has 0 bridgehead atoms. The van der Waals surface area contributed by atoms with Crippen LogP contribution in [-0.2, 0) is 0 Å². The van der Waals surface area contributed by atoms with Gasteiger partial charge in [-0.05, 0) is 37.0 Å². The molecule has 0 fully saturated rings. The SMILES string of the molecule is C=C[C@@H](O)[C@@H](O)/C=C/C#CC#C/C=C/C. The van der Waals surface area contributed by atoms with Crippen LogP contribution in [0.5, 0.6) is 0 Å². The molecular formula is C13H14O2. The van der Waals surface area contributed by atoms with E-state index in [0.717, 1.165) is 0 Å². The van der Waals surface area contributed by atoms with E-state index in [9.17, 15) is 5.11 Å². The first-order valence-corrected chi connectivity index (χ1v) is 4.50. The second-order valence-corrected chi connectivity index (χ2v) is 2.61. The van der Waals surface area contributed by atoms with Crippen molar-refractivity contribution in [1.82, 2.24) is 0 Å². The number of aliphatic hydroxyl groups is 2. The van der Waals surface area contributed by atoms with Crippen molar-refractivity contribution in [2.75, 3.05) is 0 Å². The molecular weight excluding hydrogens is 188 g/mol. The molecule has 15 heavy (non-hydrogen) atoms. The third-order valence-electron chi connectivity index (χ3n) is 1.42. The molecule has 0 amide bonds. The molecule has 2 N–H and O–H groups in total. The van der Waals surface area contributed by atoms with Gasteiger partial charge in [-0.3, -0.25) is 0 Å². The Kier molecular flexibility index (Phi) is 7.82. The van der Waals surface area contributed by atoms with Gasteiger partial charge >= 0.3 is 0 Å². The smallest absolute Gasteiger partial charge is 0.102 e. The lowest BCUT2D eigenvalue weighted by Gasteiger charge is -2.07. The Bertz CT molecular complexity index is 355. The van der Waals surface area contributed by atoms with E-state index in [1.165, 1.54) is 18.2 Å². The average Bonchev–Trinajstić information content (AvgIpc) is 2.26. The lowest BCUT2D eigenvalue weighted by Crippen LogP contribution is -2.20. The first kappa shape index (κ1) is 13.3. The summed E-state index contributed by atoms with van der Waals surface area (Å²) in [6, 6.07) is 0. The second-order valence-electron chi connectivity index (χ2n) is 2.61. The zero-order valence-corrected chi connectivity index (χ0v) is 8.64. The minimum Gasteiger partial charge on any atom is -0.386 e. The normalized spacial score (nSPS) is 13.8. The van der Waals surface area contributed by atoms with Gasteiger partial charge in [0.15, 0.2) is 0 Å². The van der Waals surface area contributed by atoms with Gasteiger partial charge in [-0.25, -0.2) is 0 Å². The van der Waals surface area contributed by atoms with Gasteiger partial charge in [0, 0.05) is 0 Å². The van der Waals surface area contributed by atoms with Crippen molar-refractivity contribution < 1.29 is 10.2 Å². The molecule has 0 spiro atoms. The van der Waals surface area contributed by atoms with Crippen molar-refractivity contribution in [2.45, 2.75) is 19.1 Å². The Morgan fingerprint density at radius 3 is 2.20 bits per heavy atom. The van der Waals surface area contributed by atoms with Gasteiger partial charge in [-0.2, -0.15) is 0 Å². The Balaban J connectivity index is 4.10. The Hall–Kier alpha value is -1.74. The predicted octanol–water partition coefficient (Wildman–Crippen LogP) is 1.03. The van der Waals surface area contributed by atoms with E-state index < -0.39 is 12.2 Å². The van der Waals surface area contributed by atoms with Crippen molar-refractivity contribution in [3.8, 4) is 23.7 Å². The fourth-order valence-electron chi connectivity index (χ4n) is 0.639. The van der Waals surface area contributed by atoms with Gasteiger partial charge < -0.3 is 10.2 Å². The molecule has 0 aliphatic carbocycles. The summed E-state index contributed by atoms with van der Waals surface area (Å²) in [6.07, 6.45) is 5.66. The summed E-state index contributed by atoms with van der Waals surface area (Å²) in [5.41, 5.74) is 0. The van der Waals surface area contributed by atoms with Crippen molar-refractivity contribution in [2.24, 2.45) is 0 Å². The van der Waals surface area contributed by atoms with Crippen LogP contribution in [0.25, 0.3) is 0 Å². The van der Waals surface area contributed by atoms with E-state index in [1.807, 2.05) is 13.0 Å². The van der Waals surface area contributed by atoms with Crippen LogP contribution in [0.4, 0.5) is 0 Å². The Morgan fingerprint density at radius 2 is 1.67 bits per heavy atom. The fraction of sp³-hybridized carbons (Fsp3) is 0.231. The summed E-state index contributed by atoms with van der Waals surface area (Å²) < 4.78 is 0. The molecule has 0 saturated heterocycles. The summed E-state index contributed by atoms with van der Waals surface area (Å²) in [7, 11) is 0. The molecule has 0 aliphatic heterocycles. The third kappa shape index (κ3) is 7.34. The zero-order valence-electron chi connectivity index (χ0n) is 8.64. The van der Waals surface area contributed by atoms with Crippen LogP contribution < -0.4 is 0 Å². The van der Waals surface area contributed by atoms with Gasteiger partial charge in [0.1, 0.15) is 12.2 Å². The maximum atomic E-state index is 9.24. The molecule has 0 radical (unpaired) electrons. The third-order valence-corrected chi connectivity index (χ3v) is 1.42. The van der Waals surface area contributed by atoms with Gasteiger partial charge in [0.2, 0.25) is 0 Å². The minimum absolute atomic E-state index is 0.961. The Labute approximate surface area is 90.6 Å². The van der Waals surface area contributed by atoms with E-state index >= 15 is 0 Å². The predicted molar refractivity (Wildman–Crippen MR) is 61.7 cm³/mol. The molecule has 0 aliphatic rings. The average molecular weight is 202 g/mol. The fourth-order valence-corrected chi connectivity index (χ4v) is 0.639. The van der Waals surface area contributed by atoms with Crippen molar-refractivity contribution in [1.29, 1.82) is 0 Å². The lowest BCUT2D eigenvalue weighted by atomic mass is 10.2. The van der Waals surface area contributed by atoms with Gasteiger partial charge in [-0.1, -0.05) is 24.0 Å². The maximum absolute atomic E-state index is 9.24. The summed E-state index contributed by atoms with van der Waals surface area (Å²) in [4.78, 5) is 0. The van der Waals surface area contributed by atoms with E-state index in [2.05, 4.69) is 30.3 Å². The highest BCUT2D eigenvalue weighted by Crippen LogP contribution is 1.95. The Morgan fingerprint density at radius 1 is 1.07 bits per heavy atom. The van der Waals surface area contributed by atoms with Crippen molar-refractivity contribution in [3.05, 3.63) is 37.0 Å². The van der Waals surface area contributed by atoms with Crippen LogP contribution >= 0.6 is 0 Å². The van der Waals surface area contributed by atoms with E-state index in [4.69, 9.17) is 5.11 Å². The monoisotopic (exact) mass is 202 g/mol. The van der Waals surface area contributed by atoms with Crippen LogP contribution in [0.15, 0.2) is 37.0 Å². The molecule has 0 rings (SSSR count). The maximum Gasteiger partial charge on any atom is 0.102 e. The van der Waals surface area contributed by atoms with Crippen molar-refractivity contribution >= 4 is 0 Å². The number of hydrogen-bond donors (Lipinski definition) is 2. The number of allylic oxidation sites excluding steroid dienone is 3. The first-order valence-electron chi connectivity index (χ1n) is 4.50. The first-order chi connectivity index (χ1) is 7.22. The molecule has 0 heterocycles. The van der Waals surface area contributed by atoms with Crippen LogP contribution in [0.2, 0.25) is 0 Å². The highest BCUT2D eigenvalue weighted by Gasteiger charge is 2.06. The molecule has 2 atom stereocenters. The van der Waals surface area contributed by atoms with Crippen molar-refractivity contribution in [3.63, 3.8) is 0 Å². The molecule has 0 aromatic carbocycles. The number of rotatable bonds is 3. The molecule has 0 aromatic heterocycles. The molecule has 2 nitrogen and oxygen atoms in total. The summed E-state index contributed by atoms with van der Waals surface area (Å²) >= 11 is 0. The lowest BCUT2D eigenvalue weighted by molar-refractivity contribution is 0.0811. The standard InChI is InChI=1S/C13H14O2/c1-3-5-6-7-8-9-10-11-13(15)12(14)4-2/h3-5,10-15H,2H2,1H3/b5-3+,11-10+/t12-,13+/m1/s1. The molecule has 2 heteroatoms. The van der Waals surface area contributed by atoms with E-state index in [-0.39, 0.29) is 0 Å². The molecule has 0 saturated carbocycles. The molecule has 0 aromatic rings. The minimum atomic E-state index is -0.972. The zero-order chi connectivity index (χ0) is 11.5. The summed E-state index contributed by atoms with van der Waals surface area (Å²) in [5, 5.41) is 18.3. The summed E-state index contributed by atoms with van der Waals surface area (Å²) in [6.45, 7) is 5.22. The van der Waals surface area contributed by atoms with Gasteiger partial charge in [0.25, 0.3) is 0 Å². The van der Waals surface area contributed by atoms with Gasteiger partial charge in [0.05, 0.1) is 0 Å². The van der Waals surface area contributed by atoms with Gasteiger partial charge in [-0.15, -0.1) is 6.58 Å².